The third kappa shape index (κ3) is 3.54. The van der Waals surface area contributed by atoms with Gasteiger partial charge in [0, 0.05) is 16.6 Å². The number of H-pyrrole nitrogens is 1. The van der Waals surface area contributed by atoms with Gasteiger partial charge in [-0.15, -0.1) is 0 Å². The quantitative estimate of drug-likeness (QED) is 0.830. The summed E-state index contributed by atoms with van der Waals surface area (Å²) in [6.45, 7) is 7.55. The Morgan fingerprint density at radius 3 is 2.80 bits per heavy atom. The zero-order chi connectivity index (χ0) is 14.5. The highest BCUT2D eigenvalue weighted by molar-refractivity contribution is 9.10. The molecule has 1 heterocycles. The third-order valence-electron chi connectivity index (χ3n) is 3.07. The first kappa shape index (κ1) is 14.9. The van der Waals surface area contributed by atoms with Crippen LogP contribution in [0, 0.1) is 13.8 Å². The first-order valence-electron chi connectivity index (χ1n) is 6.78. The number of aromatic amines is 1. The molecule has 0 saturated heterocycles. The summed E-state index contributed by atoms with van der Waals surface area (Å²) in [6.07, 6.45) is 1.00. The zero-order valence-corrected chi connectivity index (χ0v) is 13.7. The second-order valence-corrected chi connectivity index (χ2v) is 5.68. The molecule has 0 aliphatic rings. The summed E-state index contributed by atoms with van der Waals surface area (Å²) >= 11 is 3.51. The number of anilines is 1. The number of aryl methyl sites for hydroxylation is 2. The highest BCUT2D eigenvalue weighted by Gasteiger charge is 2.08. The molecule has 20 heavy (non-hydrogen) atoms. The standard InChI is InChI=1S/C15H20BrN3O/c1-4-7-20-14-6-5-13(16)8-12(14)9-17-15-10(2)18-19-11(15)3/h5-6,8,17H,4,7,9H2,1-3H3,(H,18,19). The Hall–Kier alpha value is -1.49. The number of hydrogen-bond donors (Lipinski definition) is 2. The highest BCUT2D eigenvalue weighted by Crippen LogP contribution is 2.25. The summed E-state index contributed by atoms with van der Waals surface area (Å²) in [4.78, 5) is 0. The lowest BCUT2D eigenvalue weighted by atomic mass is 10.2. The Morgan fingerprint density at radius 1 is 1.35 bits per heavy atom. The monoisotopic (exact) mass is 337 g/mol. The molecule has 0 amide bonds. The Balaban J connectivity index is 2.13. The number of nitrogens with one attached hydrogen (secondary N) is 2. The summed E-state index contributed by atoms with van der Waals surface area (Å²) < 4.78 is 6.84. The largest absolute Gasteiger partial charge is 0.493 e. The Kier molecular flexibility index (Phi) is 5.06. The van der Waals surface area contributed by atoms with E-state index in [1.807, 2.05) is 26.0 Å². The average molecular weight is 338 g/mol. The van der Waals surface area contributed by atoms with Crippen LogP contribution < -0.4 is 10.1 Å². The molecule has 2 rings (SSSR count). The van der Waals surface area contributed by atoms with Crippen LogP contribution in [0.2, 0.25) is 0 Å². The number of rotatable bonds is 6. The molecule has 1 aromatic carbocycles. The molecule has 2 aromatic rings. The molecule has 2 N–H and O–H groups in total. The van der Waals surface area contributed by atoms with Gasteiger partial charge in [-0.3, -0.25) is 5.10 Å². The number of hydrogen-bond acceptors (Lipinski definition) is 3. The van der Waals surface area contributed by atoms with E-state index in [0.717, 1.165) is 45.9 Å². The minimum Gasteiger partial charge on any atom is -0.493 e. The smallest absolute Gasteiger partial charge is 0.124 e. The van der Waals surface area contributed by atoms with Crippen molar-refractivity contribution >= 4 is 21.6 Å². The number of halogens is 1. The number of ether oxygens (including phenoxy) is 1. The van der Waals surface area contributed by atoms with Crippen LogP contribution in [0.25, 0.3) is 0 Å². The van der Waals surface area contributed by atoms with E-state index in [1.54, 1.807) is 0 Å². The van der Waals surface area contributed by atoms with Gasteiger partial charge < -0.3 is 10.1 Å². The van der Waals surface area contributed by atoms with Gasteiger partial charge in [-0.05, 0) is 38.5 Å². The topological polar surface area (TPSA) is 49.9 Å². The Labute approximate surface area is 128 Å². The van der Waals surface area contributed by atoms with Crippen molar-refractivity contribution in [1.82, 2.24) is 10.2 Å². The highest BCUT2D eigenvalue weighted by atomic mass is 79.9. The molecule has 0 atom stereocenters. The molecule has 0 fully saturated rings. The van der Waals surface area contributed by atoms with Gasteiger partial charge in [0.25, 0.3) is 0 Å². The van der Waals surface area contributed by atoms with E-state index in [4.69, 9.17) is 4.74 Å². The Bertz CT molecular complexity index is 561. The molecule has 0 radical (unpaired) electrons. The van der Waals surface area contributed by atoms with Gasteiger partial charge in [0.2, 0.25) is 0 Å². The van der Waals surface area contributed by atoms with Crippen LogP contribution in [-0.2, 0) is 6.54 Å². The fourth-order valence-electron chi connectivity index (χ4n) is 2.03. The second-order valence-electron chi connectivity index (χ2n) is 4.76. The van der Waals surface area contributed by atoms with Crippen molar-refractivity contribution in [3.8, 4) is 5.75 Å². The summed E-state index contributed by atoms with van der Waals surface area (Å²) in [5.41, 5.74) is 4.22. The molecule has 0 bridgehead atoms. The normalized spacial score (nSPS) is 10.6. The van der Waals surface area contributed by atoms with Crippen LogP contribution in [0.3, 0.4) is 0 Å². The van der Waals surface area contributed by atoms with Crippen LogP contribution in [0.1, 0.15) is 30.3 Å². The van der Waals surface area contributed by atoms with E-state index in [1.165, 1.54) is 0 Å². The lowest BCUT2D eigenvalue weighted by molar-refractivity contribution is 0.314. The van der Waals surface area contributed by atoms with Gasteiger partial charge in [0.15, 0.2) is 0 Å². The molecule has 0 saturated carbocycles. The van der Waals surface area contributed by atoms with Crippen molar-refractivity contribution in [3.05, 3.63) is 39.6 Å². The number of aromatic nitrogens is 2. The first-order chi connectivity index (χ1) is 9.61. The van der Waals surface area contributed by atoms with Crippen molar-refractivity contribution in [1.29, 1.82) is 0 Å². The average Bonchev–Trinajstić information content (AvgIpc) is 2.75. The first-order valence-corrected chi connectivity index (χ1v) is 7.57. The van der Waals surface area contributed by atoms with Crippen LogP contribution in [0.5, 0.6) is 5.75 Å². The third-order valence-corrected chi connectivity index (χ3v) is 3.56. The van der Waals surface area contributed by atoms with E-state index < -0.39 is 0 Å². The molecule has 1 aromatic heterocycles. The molecule has 108 valence electrons. The number of benzene rings is 1. The molecule has 0 unspecified atom stereocenters. The van der Waals surface area contributed by atoms with Crippen LogP contribution in [0.15, 0.2) is 22.7 Å². The lowest BCUT2D eigenvalue weighted by Gasteiger charge is -2.13. The molecule has 0 spiro atoms. The van der Waals surface area contributed by atoms with Crippen LogP contribution in [-0.4, -0.2) is 16.8 Å². The summed E-state index contributed by atoms with van der Waals surface area (Å²) in [7, 11) is 0. The van der Waals surface area contributed by atoms with Crippen molar-refractivity contribution in [2.75, 3.05) is 11.9 Å². The molecule has 0 aliphatic carbocycles. The van der Waals surface area contributed by atoms with E-state index in [9.17, 15) is 0 Å². The second kappa shape index (κ2) is 6.79. The summed E-state index contributed by atoms with van der Waals surface area (Å²) in [6, 6.07) is 6.09. The van der Waals surface area contributed by atoms with Crippen molar-refractivity contribution in [2.24, 2.45) is 0 Å². The Morgan fingerprint density at radius 2 is 2.15 bits per heavy atom. The van der Waals surface area contributed by atoms with Gasteiger partial charge in [-0.2, -0.15) is 5.10 Å². The fourth-order valence-corrected chi connectivity index (χ4v) is 2.44. The molecule has 0 aliphatic heterocycles. The molecular formula is C15H20BrN3O. The van der Waals surface area contributed by atoms with Gasteiger partial charge in [-0.25, -0.2) is 0 Å². The SMILES string of the molecule is CCCOc1ccc(Br)cc1CNc1c(C)n[nH]c1C. The molecule has 5 heteroatoms. The predicted octanol–water partition coefficient (Wildman–Crippen LogP) is 4.19. The zero-order valence-electron chi connectivity index (χ0n) is 12.1. The fraction of sp³-hybridized carbons (Fsp3) is 0.400. The van der Waals surface area contributed by atoms with E-state index in [-0.39, 0.29) is 0 Å². The number of nitrogens with zero attached hydrogens (tertiary/aromatic N) is 1. The van der Waals surface area contributed by atoms with Crippen LogP contribution in [0.4, 0.5) is 5.69 Å². The van der Waals surface area contributed by atoms with Gasteiger partial charge >= 0.3 is 0 Å². The summed E-state index contributed by atoms with van der Waals surface area (Å²) in [5, 5.41) is 10.6. The van der Waals surface area contributed by atoms with E-state index in [0.29, 0.717) is 6.54 Å². The van der Waals surface area contributed by atoms with Crippen LogP contribution >= 0.6 is 15.9 Å². The maximum Gasteiger partial charge on any atom is 0.124 e. The van der Waals surface area contributed by atoms with Crippen molar-refractivity contribution in [2.45, 2.75) is 33.7 Å². The minimum absolute atomic E-state index is 0.708. The van der Waals surface area contributed by atoms with Gasteiger partial charge in [0.05, 0.1) is 23.7 Å². The lowest BCUT2D eigenvalue weighted by Crippen LogP contribution is -2.05. The minimum atomic E-state index is 0.708. The predicted molar refractivity (Wildman–Crippen MR) is 85.3 cm³/mol. The summed E-state index contributed by atoms with van der Waals surface area (Å²) in [5.74, 6) is 0.932. The molecular weight excluding hydrogens is 318 g/mol. The van der Waals surface area contributed by atoms with Crippen molar-refractivity contribution in [3.63, 3.8) is 0 Å². The maximum absolute atomic E-state index is 5.79. The van der Waals surface area contributed by atoms with E-state index in [2.05, 4.69) is 44.4 Å². The molecule has 4 nitrogen and oxygen atoms in total. The van der Waals surface area contributed by atoms with Gasteiger partial charge in [-0.1, -0.05) is 22.9 Å². The maximum atomic E-state index is 5.79. The van der Waals surface area contributed by atoms with Crippen molar-refractivity contribution < 1.29 is 4.74 Å². The van der Waals surface area contributed by atoms with Gasteiger partial charge in [0.1, 0.15) is 5.75 Å². The van der Waals surface area contributed by atoms with E-state index >= 15 is 0 Å².